The Morgan fingerprint density at radius 2 is 2.20 bits per heavy atom. The summed E-state index contributed by atoms with van der Waals surface area (Å²) < 4.78 is 12.4. The van der Waals surface area contributed by atoms with Crippen LogP contribution >= 0.6 is 0 Å². The third-order valence-electron chi connectivity index (χ3n) is 1.13. The number of halogens is 1. The Labute approximate surface area is 57.2 Å². The number of benzene rings is 1. The molecule has 0 heterocycles. The van der Waals surface area contributed by atoms with Gasteiger partial charge in [0.1, 0.15) is 5.82 Å². The predicted molar refractivity (Wildman–Crippen MR) is 36.2 cm³/mol. The van der Waals surface area contributed by atoms with Crippen molar-refractivity contribution in [3.05, 3.63) is 24.0 Å². The van der Waals surface area contributed by atoms with E-state index in [1.165, 1.54) is 18.2 Å². The summed E-state index contributed by atoms with van der Waals surface area (Å²) in [5.41, 5.74) is 7.41. The highest BCUT2D eigenvalue weighted by Gasteiger charge is 1.96. The molecule has 4 heteroatoms. The molecule has 0 aliphatic carbocycles. The number of nitrogens with two attached hydrogens (primary N) is 1. The Kier molecular flexibility index (Phi) is 1.73. The lowest BCUT2D eigenvalue weighted by atomic mass is 10.3. The molecule has 0 atom stereocenters. The molecule has 1 aromatic rings. The monoisotopic (exact) mass is 142 g/mol. The molecular formula is C6H7FN2O. The van der Waals surface area contributed by atoms with Gasteiger partial charge in [-0.1, -0.05) is 0 Å². The summed E-state index contributed by atoms with van der Waals surface area (Å²) in [4.78, 5) is 0. The van der Waals surface area contributed by atoms with Gasteiger partial charge in [0.05, 0.1) is 11.4 Å². The second kappa shape index (κ2) is 2.53. The average molecular weight is 142 g/mol. The minimum atomic E-state index is -0.487. The molecule has 0 unspecified atom stereocenters. The molecule has 10 heavy (non-hydrogen) atoms. The standard InChI is InChI=1S/C6H7FN2O/c7-5-2-1-4(9-10)3-6(5)8/h1-3,9-10H,8H2. The van der Waals surface area contributed by atoms with Crippen LogP contribution in [0.2, 0.25) is 0 Å². The van der Waals surface area contributed by atoms with Crippen LogP contribution in [0.1, 0.15) is 0 Å². The van der Waals surface area contributed by atoms with Crippen LogP contribution in [0.15, 0.2) is 18.2 Å². The predicted octanol–water partition coefficient (Wildman–Crippen LogP) is 1.21. The molecule has 0 spiro atoms. The topological polar surface area (TPSA) is 58.3 Å². The molecule has 0 amide bonds. The molecular weight excluding hydrogens is 135 g/mol. The summed E-state index contributed by atoms with van der Waals surface area (Å²) in [5.74, 6) is -0.487. The summed E-state index contributed by atoms with van der Waals surface area (Å²) >= 11 is 0. The molecule has 0 aliphatic rings. The van der Waals surface area contributed by atoms with Gasteiger partial charge in [0.2, 0.25) is 0 Å². The van der Waals surface area contributed by atoms with Gasteiger partial charge in [-0.15, -0.1) is 0 Å². The average Bonchev–Trinajstić information content (AvgIpc) is 1.95. The van der Waals surface area contributed by atoms with E-state index in [-0.39, 0.29) is 5.69 Å². The van der Waals surface area contributed by atoms with E-state index in [0.29, 0.717) is 5.69 Å². The van der Waals surface area contributed by atoms with Crippen molar-refractivity contribution in [2.75, 3.05) is 11.2 Å². The summed E-state index contributed by atoms with van der Waals surface area (Å²) in [5, 5.41) is 8.32. The highest BCUT2D eigenvalue weighted by Crippen LogP contribution is 2.14. The summed E-state index contributed by atoms with van der Waals surface area (Å²) in [6, 6.07) is 3.86. The van der Waals surface area contributed by atoms with E-state index < -0.39 is 5.82 Å². The van der Waals surface area contributed by atoms with Gasteiger partial charge in [0.15, 0.2) is 0 Å². The molecule has 0 saturated carbocycles. The minimum Gasteiger partial charge on any atom is -0.396 e. The number of anilines is 2. The van der Waals surface area contributed by atoms with E-state index in [9.17, 15) is 4.39 Å². The lowest BCUT2D eigenvalue weighted by molar-refractivity contribution is 0.389. The highest BCUT2D eigenvalue weighted by molar-refractivity contribution is 5.53. The van der Waals surface area contributed by atoms with Crippen molar-refractivity contribution in [2.45, 2.75) is 0 Å². The fraction of sp³-hybridized carbons (Fsp3) is 0. The first-order chi connectivity index (χ1) is 4.74. The van der Waals surface area contributed by atoms with Crippen molar-refractivity contribution in [3.63, 3.8) is 0 Å². The minimum absolute atomic E-state index is 0.0130. The van der Waals surface area contributed by atoms with Gasteiger partial charge >= 0.3 is 0 Å². The smallest absolute Gasteiger partial charge is 0.146 e. The zero-order valence-corrected chi connectivity index (χ0v) is 5.13. The first-order valence-electron chi connectivity index (χ1n) is 2.69. The molecule has 3 nitrogen and oxygen atoms in total. The van der Waals surface area contributed by atoms with Crippen molar-refractivity contribution in [3.8, 4) is 0 Å². The van der Waals surface area contributed by atoms with Crippen molar-refractivity contribution < 1.29 is 9.60 Å². The van der Waals surface area contributed by atoms with Crippen LogP contribution in [0, 0.1) is 5.82 Å². The fourth-order valence-electron chi connectivity index (χ4n) is 0.613. The van der Waals surface area contributed by atoms with Crippen molar-refractivity contribution in [2.24, 2.45) is 0 Å². The lowest BCUT2D eigenvalue weighted by Gasteiger charge is -1.99. The van der Waals surface area contributed by atoms with Gasteiger partial charge in [0.25, 0.3) is 0 Å². The van der Waals surface area contributed by atoms with Crippen LogP contribution in [0.4, 0.5) is 15.8 Å². The molecule has 0 fully saturated rings. The molecule has 4 N–H and O–H groups in total. The Hall–Kier alpha value is -1.29. The van der Waals surface area contributed by atoms with Crippen LogP contribution in [-0.2, 0) is 0 Å². The molecule has 0 aromatic heterocycles. The van der Waals surface area contributed by atoms with E-state index in [0.717, 1.165) is 0 Å². The first-order valence-corrected chi connectivity index (χ1v) is 2.69. The van der Waals surface area contributed by atoms with Gasteiger partial charge < -0.3 is 5.73 Å². The number of rotatable bonds is 1. The van der Waals surface area contributed by atoms with Crippen molar-refractivity contribution in [1.29, 1.82) is 0 Å². The molecule has 0 radical (unpaired) electrons. The maximum Gasteiger partial charge on any atom is 0.146 e. The van der Waals surface area contributed by atoms with Gasteiger partial charge in [0, 0.05) is 0 Å². The zero-order valence-electron chi connectivity index (χ0n) is 5.13. The highest BCUT2D eigenvalue weighted by atomic mass is 19.1. The fourth-order valence-corrected chi connectivity index (χ4v) is 0.613. The molecule has 0 bridgehead atoms. The number of hydrogen-bond donors (Lipinski definition) is 3. The number of nitrogen functional groups attached to an aromatic ring is 1. The number of nitrogens with one attached hydrogen (secondary N) is 1. The zero-order chi connectivity index (χ0) is 7.56. The van der Waals surface area contributed by atoms with Crippen LogP contribution in [0.3, 0.4) is 0 Å². The van der Waals surface area contributed by atoms with Crippen LogP contribution in [0.5, 0.6) is 0 Å². The second-order valence-electron chi connectivity index (χ2n) is 1.85. The van der Waals surface area contributed by atoms with E-state index in [4.69, 9.17) is 10.9 Å². The van der Waals surface area contributed by atoms with Crippen LogP contribution in [0.25, 0.3) is 0 Å². The first kappa shape index (κ1) is 6.82. The van der Waals surface area contributed by atoms with Gasteiger partial charge in [-0.05, 0) is 18.2 Å². The Morgan fingerprint density at radius 3 is 2.70 bits per heavy atom. The summed E-state index contributed by atoms with van der Waals surface area (Å²) in [6.07, 6.45) is 0. The molecule has 0 aliphatic heterocycles. The molecule has 54 valence electrons. The largest absolute Gasteiger partial charge is 0.396 e. The van der Waals surface area contributed by atoms with Crippen molar-refractivity contribution in [1.82, 2.24) is 0 Å². The SMILES string of the molecule is Nc1cc(NO)ccc1F. The van der Waals surface area contributed by atoms with Gasteiger partial charge in [-0.2, -0.15) is 0 Å². The van der Waals surface area contributed by atoms with E-state index in [1.54, 1.807) is 0 Å². The molecule has 1 aromatic carbocycles. The van der Waals surface area contributed by atoms with Crippen LogP contribution < -0.4 is 11.2 Å². The molecule has 1 rings (SSSR count). The lowest BCUT2D eigenvalue weighted by Crippen LogP contribution is -1.94. The Morgan fingerprint density at radius 1 is 1.50 bits per heavy atom. The van der Waals surface area contributed by atoms with Gasteiger partial charge in [-0.3, -0.25) is 10.7 Å². The normalized spacial score (nSPS) is 9.40. The van der Waals surface area contributed by atoms with E-state index in [2.05, 4.69) is 0 Å². The van der Waals surface area contributed by atoms with E-state index >= 15 is 0 Å². The second-order valence-corrected chi connectivity index (χ2v) is 1.85. The van der Waals surface area contributed by atoms with Crippen molar-refractivity contribution >= 4 is 11.4 Å². The quantitative estimate of drug-likeness (QED) is 0.408. The Bertz CT molecular complexity index is 239. The summed E-state index contributed by atoms with van der Waals surface area (Å²) in [6.45, 7) is 0. The third-order valence-corrected chi connectivity index (χ3v) is 1.13. The third kappa shape index (κ3) is 1.16. The maximum atomic E-state index is 12.4. The van der Waals surface area contributed by atoms with Gasteiger partial charge in [-0.25, -0.2) is 4.39 Å². The number of hydrogen-bond acceptors (Lipinski definition) is 3. The van der Waals surface area contributed by atoms with E-state index in [1.807, 2.05) is 5.48 Å². The summed E-state index contributed by atoms with van der Waals surface area (Å²) in [7, 11) is 0. The molecule has 0 saturated heterocycles. The maximum absolute atomic E-state index is 12.4. The Balaban J connectivity index is 3.04. The van der Waals surface area contributed by atoms with Crippen LogP contribution in [-0.4, -0.2) is 5.21 Å².